The Kier molecular flexibility index (Phi) is 3.95. The molecule has 1 aliphatic rings. The Morgan fingerprint density at radius 2 is 1.89 bits per heavy atom. The van der Waals surface area contributed by atoms with Crippen LogP contribution in [0.25, 0.3) is 17.0 Å². The molecular formula is C21H19N5O2. The molecule has 0 saturated heterocycles. The lowest BCUT2D eigenvalue weighted by molar-refractivity contribution is 0.0687. The number of rotatable bonds is 4. The molecule has 1 aliphatic heterocycles. The summed E-state index contributed by atoms with van der Waals surface area (Å²) in [6.07, 6.45) is 0.722. The van der Waals surface area contributed by atoms with E-state index in [2.05, 4.69) is 32.1 Å². The Hall–Kier alpha value is -3.45. The van der Waals surface area contributed by atoms with E-state index >= 15 is 0 Å². The summed E-state index contributed by atoms with van der Waals surface area (Å²) in [6.45, 7) is 2.19. The molecule has 2 aromatic carbocycles. The highest BCUT2D eigenvalue weighted by atomic mass is 16.4. The predicted molar refractivity (Wildman–Crippen MR) is 104 cm³/mol. The van der Waals surface area contributed by atoms with Crippen molar-refractivity contribution in [3.8, 4) is 5.95 Å². The lowest BCUT2D eigenvalue weighted by atomic mass is 10.0. The second-order valence-electron chi connectivity index (χ2n) is 7.01. The number of benzene rings is 2. The summed E-state index contributed by atoms with van der Waals surface area (Å²) in [5.74, 6) is -0.450. The van der Waals surface area contributed by atoms with Gasteiger partial charge in [-0.15, -0.1) is 0 Å². The molecule has 28 heavy (non-hydrogen) atoms. The third kappa shape index (κ3) is 2.86. The number of carboxylic acids is 1. The molecule has 2 N–H and O–H groups in total. The van der Waals surface area contributed by atoms with E-state index in [1.807, 2.05) is 42.5 Å². The van der Waals surface area contributed by atoms with Crippen molar-refractivity contribution in [1.29, 1.82) is 0 Å². The highest BCUT2D eigenvalue weighted by molar-refractivity contribution is 5.87. The van der Waals surface area contributed by atoms with Gasteiger partial charge in [0.2, 0.25) is 5.95 Å². The van der Waals surface area contributed by atoms with Crippen molar-refractivity contribution in [1.82, 2.24) is 24.6 Å². The number of H-pyrrole nitrogens is 1. The molecule has 0 amide bonds. The Bertz CT molecular complexity index is 1130. The number of hydrogen-bond acceptors (Lipinski definition) is 4. The van der Waals surface area contributed by atoms with Gasteiger partial charge in [-0.05, 0) is 17.7 Å². The largest absolute Gasteiger partial charge is 0.476 e. The van der Waals surface area contributed by atoms with Crippen LogP contribution in [0.2, 0.25) is 0 Å². The zero-order chi connectivity index (χ0) is 19.1. The summed E-state index contributed by atoms with van der Waals surface area (Å²) in [5.41, 5.74) is 4.75. The fourth-order valence-corrected chi connectivity index (χ4v) is 3.84. The summed E-state index contributed by atoms with van der Waals surface area (Å²) in [5, 5.41) is 14.1. The molecule has 0 unspecified atom stereocenters. The van der Waals surface area contributed by atoms with E-state index in [4.69, 9.17) is 0 Å². The van der Waals surface area contributed by atoms with Gasteiger partial charge in [0.1, 0.15) is 0 Å². The molecule has 4 aromatic rings. The van der Waals surface area contributed by atoms with Gasteiger partial charge in [0.05, 0.1) is 16.7 Å². The van der Waals surface area contributed by atoms with Gasteiger partial charge >= 0.3 is 5.97 Å². The van der Waals surface area contributed by atoms with E-state index in [0.29, 0.717) is 12.5 Å². The van der Waals surface area contributed by atoms with E-state index in [1.54, 1.807) is 4.68 Å². The zero-order valence-corrected chi connectivity index (χ0v) is 15.2. The van der Waals surface area contributed by atoms with Crippen LogP contribution in [-0.2, 0) is 19.5 Å². The minimum Gasteiger partial charge on any atom is -0.476 e. The number of nitrogens with zero attached hydrogens (tertiary/aromatic N) is 4. The Balaban J connectivity index is 1.52. The number of aromatic carboxylic acids is 1. The number of aromatic amines is 1. The van der Waals surface area contributed by atoms with Crippen molar-refractivity contribution in [2.24, 2.45) is 0 Å². The third-order valence-electron chi connectivity index (χ3n) is 5.17. The van der Waals surface area contributed by atoms with Crippen molar-refractivity contribution >= 4 is 17.0 Å². The molecule has 0 bridgehead atoms. The minimum atomic E-state index is -1.01. The average Bonchev–Trinajstić information content (AvgIpc) is 3.30. The van der Waals surface area contributed by atoms with Gasteiger partial charge in [0, 0.05) is 31.6 Å². The van der Waals surface area contributed by atoms with Gasteiger partial charge in [0.15, 0.2) is 5.69 Å². The number of hydrogen-bond donors (Lipinski definition) is 2. The number of nitrogens with one attached hydrogen (secondary N) is 1. The van der Waals surface area contributed by atoms with Gasteiger partial charge in [-0.25, -0.2) is 14.5 Å². The van der Waals surface area contributed by atoms with Crippen LogP contribution in [0, 0.1) is 0 Å². The maximum atomic E-state index is 11.8. The molecular weight excluding hydrogens is 354 g/mol. The number of carbonyl (C=O) groups is 1. The van der Waals surface area contributed by atoms with Gasteiger partial charge in [-0.1, -0.05) is 42.5 Å². The lowest BCUT2D eigenvalue weighted by Gasteiger charge is -2.27. The molecule has 0 radical (unpaired) electrons. The van der Waals surface area contributed by atoms with Crippen LogP contribution < -0.4 is 0 Å². The van der Waals surface area contributed by atoms with E-state index < -0.39 is 5.97 Å². The van der Waals surface area contributed by atoms with Gasteiger partial charge in [-0.3, -0.25) is 4.90 Å². The molecule has 0 fully saturated rings. The van der Waals surface area contributed by atoms with Crippen LogP contribution in [-0.4, -0.2) is 42.3 Å². The molecule has 0 spiro atoms. The molecule has 2 aromatic heterocycles. The highest BCUT2D eigenvalue weighted by Crippen LogP contribution is 2.26. The molecule has 140 valence electrons. The van der Waals surface area contributed by atoms with E-state index in [-0.39, 0.29) is 5.69 Å². The Morgan fingerprint density at radius 3 is 2.68 bits per heavy atom. The van der Waals surface area contributed by atoms with Crippen molar-refractivity contribution < 1.29 is 9.90 Å². The number of aromatic nitrogens is 4. The maximum Gasteiger partial charge on any atom is 0.356 e. The molecule has 5 rings (SSSR count). The molecule has 7 heteroatoms. The molecule has 3 heterocycles. The van der Waals surface area contributed by atoms with Gasteiger partial charge < -0.3 is 10.1 Å². The Labute approximate surface area is 161 Å². The van der Waals surface area contributed by atoms with Crippen molar-refractivity contribution in [3.63, 3.8) is 0 Å². The normalized spacial score (nSPS) is 14.3. The van der Waals surface area contributed by atoms with Crippen LogP contribution in [0.3, 0.4) is 0 Å². The molecule has 0 saturated carbocycles. The third-order valence-corrected chi connectivity index (χ3v) is 5.17. The monoisotopic (exact) mass is 373 g/mol. The standard InChI is InChI=1S/C21H19N5O2/c27-20(28)19-15-13-25(12-14-6-2-1-3-7-14)11-10-18(15)26(24-19)21-22-16-8-4-5-9-17(16)23-21/h1-9H,10-13H2,(H,22,23)(H,27,28). The van der Waals surface area contributed by atoms with Crippen LogP contribution >= 0.6 is 0 Å². The summed E-state index contributed by atoms with van der Waals surface area (Å²) in [6, 6.07) is 17.9. The molecule has 7 nitrogen and oxygen atoms in total. The maximum absolute atomic E-state index is 11.8. The van der Waals surface area contributed by atoms with Crippen LogP contribution in [0.5, 0.6) is 0 Å². The van der Waals surface area contributed by atoms with E-state index in [0.717, 1.165) is 41.8 Å². The summed E-state index contributed by atoms with van der Waals surface area (Å²) < 4.78 is 1.67. The SMILES string of the molecule is O=C(O)c1nn(-c2nc3ccccc3[nH]2)c2c1CN(Cc1ccccc1)CC2. The van der Waals surface area contributed by atoms with Crippen LogP contribution in [0.4, 0.5) is 0 Å². The highest BCUT2D eigenvalue weighted by Gasteiger charge is 2.29. The Morgan fingerprint density at radius 1 is 1.11 bits per heavy atom. The zero-order valence-electron chi connectivity index (χ0n) is 15.2. The number of fused-ring (bicyclic) bond motifs is 2. The van der Waals surface area contributed by atoms with Crippen LogP contribution in [0.1, 0.15) is 27.3 Å². The fraction of sp³-hybridized carbons (Fsp3) is 0.190. The first kappa shape index (κ1) is 16.7. The fourth-order valence-electron chi connectivity index (χ4n) is 3.84. The topological polar surface area (TPSA) is 87.0 Å². The van der Waals surface area contributed by atoms with Gasteiger partial charge in [0.25, 0.3) is 0 Å². The first-order valence-corrected chi connectivity index (χ1v) is 9.24. The summed E-state index contributed by atoms with van der Waals surface area (Å²) >= 11 is 0. The molecule has 0 atom stereocenters. The predicted octanol–water partition coefficient (Wildman–Crippen LogP) is 3.01. The van der Waals surface area contributed by atoms with Crippen molar-refractivity contribution in [2.75, 3.05) is 6.54 Å². The van der Waals surface area contributed by atoms with Crippen molar-refractivity contribution in [3.05, 3.63) is 77.1 Å². The minimum absolute atomic E-state index is 0.105. The second-order valence-corrected chi connectivity index (χ2v) is 7.01. The number of carboxylic acid groups (broad SMARTS) is 1. The number of para-hydroxylation sites is 2. The summed E-state index contributed by atoms with van der Waals surface area (Å²) in [4.78, 5) is 21.9. The van der Waals surface area contributed by atoms with E-state index in [1.165, 1.54) is 5.56 Å². The van der Waals surface area contributed by atoms with Crippen LogP contribution in [0.15, 0.2) is 54.6 Å². The van der Waals surface area contributed by atoms with Crippen molar-refractivity contribution in [2.45, 2.75) is 19.5 Å². The average molecular weight is 373 g/mol. The quantitative estimate of drug-likeness (QED) is 0.574. The number of imidazole rings is 1. The molecule has 0 aliphatic carbocycles. The first-order chi connectivity index (χ1) is 13.7. The first-order valence-electron chi connectivity index (χ1n) is 9.24. The van der Waals surface area contributed by atoms with E-state index in [9.17, 15) is 9.90 Å². The lowest BCUT2D eigenvalue weighted by Crippen LogP contribution is -2.31. The van der Waals surface area contributed by atoms with Gasteiger partial charge in [-0.2, -0.15) is 5.10 Å². The summed E-state index contributed by atoms with van der Waals surface area (Å²) in [7, 11) is 0. The smallest absolute Gasteiger partial charge is 0.356 e. The second kappa shape index (κ2) is 6.61.